The third-order valence-electron chi connectivity index (χ3n) is 2.99. The molecule has 0 spiro atoms. The number of hydrogen-bond donors (Lipinski definition) is 1. The first kappa shape index (κ1) is 11.6. The van der Waals surface area contributed by atoms with Gasteiger partial charge in [0.2, 0.25) is 0 Å². The van der Waals surface area contributed by atoms with Crippen LogP contribution in [0.3, 0.4) is 0 Å². The summed E-state index contributed by atoms with van der Waals surface area (Å²) in [6.07, 6.45) is 0.811. The van der Waals surface area contributed by atoms with Crippen LogP contribution in [0.1, 0.15) is 18.1 Å². The predicted octanol–water partition coefficient (Wildman–Crippen LogP) is 2.68. The van der Waals surface area contributed by atoms with Crippen LogP contribution < -0.4 is 5.73 Å². The fourth-order valence-corrected chi connectivity index (χ4v) is 2.04. The average Bonchev–Trinajstić information content (AvgIpc) is 2.55. The monoisotopic (exact) mass is 233 g/mol. The maximum Gasteiger partial charge on any atom is 0.125 e. The van der Waals surface area contributed by atoms with E-state index in [1.807, 2.05) is 20.9 Å². The number of aryl methyl sites for hydroxylation is 2. The SMILES string of the molecule is CCc1c(-c2ccc(F)cc2C)nn(C)c1N. The van der Waals surface area contributed by atoms with Gasteiger partial charge in [0.1, 0.15) is 11.6 Å². The number of anilines is 1. The Balaban J connectivity index is 2.64. The van der Waals surface area contributed by atoms with Crippen LogP contribution in [0, 0.1) is 12.7 Å². The van der Waals surface area contributed by atoms with Gasteiger partial charge in [-0.2, -0.15) is 5.10 Å². The highest BCUT2D eigenvalue weighted by Crippen LogP contribution is 2.29. The van der Waals surface area contributed by atoms with Gasteiger partial charge in [0.25, 0.3) is 0 Å². The number of nitrogens with zero attached hydrogens (tertiary/aromatic N) is 2. The van der Waals surface area contributed by atoms with Gasteiger partial charge in [-0.15, -0.1) is 0 Å². The summed E-state index contributed by atoms with van der Waals surface area (Å²) in [7, 11) is 1.82. The van der Waals surface area contributed by atoms with Crippen molar-refractivity contribution in [3.05, 3.63) is 35.1 Å². The predicted molar refractivity (Wildman–Crippen MR) is 67.1 cm³/mol. The van der Waals surface area contributed by atoms with Crippen LogP contribution in [0.15, 0.2) is 18.2 Å². The van der Waals surface area contributed by atoms with E-state index in [-0.39, 0.29) is 5.82 Å². The molecule has 0 aliphatic carbocycles. The molecule has 2 rings (SSSR count). The lowest BCUT2D eigenvalue weighted by Crippen LogP contribution is -1.98. The second-order valence-electron chi connectivity index (χ2n) is 4.15. The lowest BCUT2D eigenvalue weighted by Gasteiger charge is -2.05. The fourth-order valence-electron chi connectivity index (χ4n) is 2.04. The third-order valence-corrected chi connectivity index (χ3v) is 2.99. The van der Waals surface area contributed by atoms with Gasteiger partial charge >= 0.3 is 0 Å². The quantitative estimate of drug-likeness (QED) is 0.866. The minimum Gasteiger partial charge on any atom is -0.384 e. The van der Waals surface area contributed by atoms with Gasteiger partial charge in [-0.1, -0.05) is 6.92 Å². The van der Waals surface area contributed by atoms with Crippen LogP contribution in [0.5, 0.6) is 0 Å². The molecule has 90 valence electrons. The number of nitrogen functional groups attached to an aromatic ring is 1. The zero-order valence-corrected chi connectivity index (χ0v) is 10.3. The summed E-state index contributed by atoms with van der Waals surface area (Å²) in [6.45, 7) is 3.92. The third kappa shape index (κ3) is 1.90. The molecular weight excluding hydrogens is 217 g/mol. The van der Waals surface area contributed by atoms with Crippen molar-refractivity contribution in [2.45, 2.75) is 20.3 Å². The number of benzene rings is 1. The highest BCUT2D eigenvalue weighted by atomic mass is 19.1. The number of hydrogen-bond acceptors (Lipinski definition) is 2. The number of halogens is 1. The highest BCUT2D eigenvalue weighted by Gasteiger charge is 2.15. The normalized spacial score (nSPS) is 10.8. The Morgan fingerprint density at radius 1 is 1.41 bits per heavy atom. The average molecular weight is 233 g/mol. The fraction of sp³-hybridized carbons (Fsp3) is 0.308. The van der Waals surface area contributed by atoms with Crippen LogP contribution in [0.4, 0.5) is 10.2 Å². The summed E-state index contributed by atoms with van der Waals surface area (Å²) in [4.78, 5) is 0. The molecular formula is C13H16FN3. The summed E-state index contributed by atoms with van der Waals surface area (Å²) >= 11 is 0. The van der Waals surface area contributed by atoms with Crippen molar-refractivity contribution in [3.8, 4) is 11.3 Å². The molecule has 0 atom stereocenters. The minimum atomic E-state index is -0.229. The van der Waals surface area contributed by atoms with Crippen LogP contribution in [0.2, 0.25) is 0 Å². The van der Waals surface area contributed by atoms with E-state index in [0.717, 1.165) is 28.8 Å². The standard InChI is InChI=1S/C13H16FN3/c1-4-10-12(16-17(3)13(10)15)11-6-5-9(14)7-8(11)2/h5-7H,4,15H2,1-3H3. The minimum absolute atomic E-state index is 0.229. The second-order valence-corrected chi connectivity index (χ2v) is 4.15. The molecule has 0 saturated heterocycles. The van der Waals surface area contributed by atoms with Crippen molar-refractivity contribution in [1.82, 2.24) is 9.78 Å². The van der Waals surface area contributed by atoms with Crippen molar-refractivity contribution in [2.24, 2.45) is 7.05 Å². The van der Waals surface area contributed by atoms with E-state index in [1.54, 1.807) is 10.7 Å². The zero-order valence-electron chi connectivity index (χ0n) is 10.3. The Bertz CT molecular complexity index is 558. The van der Waals surface area contributed by atoms with Crippen molar-refractivity contribution < 1.29 is 4.39 Å². The molecule has 2 N–H and O–H groups in total. The smallest absolute Gasteiger partial charge is 0.125 e. The largest absolute Gasteiger partial charge is 0.384 e. The van der Waals surface area contributed by atoms with E-state index in [1.165, 1.54) is 12.1 Å². The summed E-state index contributed by atoms with van der Waals surface area (Å²) in [5, 5.41) is 4.41. The second kappa shape index (κ2) is 4.20. The molecule has 3 nitrogen and oxygen atoms in total. The van der Waals surface area contributed by atoms with Gasteiger partial charge < -0.3 is 5.73 Å². The van der Waals surface area contributed by atoms with Crippen molar-refractivity contribution in [2.75, 3.05) is 5.73 Å². The van der Waals surface area contributed by atoms with Crippen molar-refractivity contribution in [3.63, 3.8) is 0 Å². The molecule has 17 heavy (non-hydrogen) atoms. The molecule has 0 aliphatic rings. The summed E-state index contributed by atoms with van der Waals surface area (Å²) in [5.41, 5.74) is 9.64. The Hall–Kier alpha value is -1.84. The Kier molecular flexibility index (Phi) is 2.88. The highest BCUT2D eigenvalue weighted by molar-refractivity contribution is 5.71. The molecule has 1 aromatic heterocycles. The van der Waals surface area contributed by atoms with Crippen LogP contribution in [-0.2, 0) is 13.5 Å². The van der Waals surface area contributed by atoms with Crippen molar-refractivity contribution in [1.29, 1.82) is 0 Å². The van der Waals surface area contributed by atoms with Gasteiger partial charge in [0.05, 0.1) is 5.69 Å². The van der Waals surface area contributed by atoms with E-state index < -0.39 is 0 Å². The first-order valence-corrected chi connectivity index (χ1v) is 5.62. The summed E-state index contributed by atoms with van der Waals surface area (Å²) in [6, 6.07) is 4.72. The molecule has 0 amide bonds. The number of aromatic nitrogens is 2. The Morgan fingerprint density at radius 2 is 2.12 bits per heavy atom. The molecule has 0 fully saturated rings. The van der Waals surface area contributed by atoms with Gasteiger partial charge in [-0.05, 0) is 37.1 Å². The molecule has 0 aliphatic heterocycles. The molecule has 0 saturated carbocycles. The summed E-state index contributed by atoms with van der Waals surface area (Å²) < 4.78 is 14.7. The molecule has 1 aromatic carbocycles. The molecule has 0 bridgehead atoms. The summed E-state index contributed by atoms with van der Waals surface area (Å²) in [5.74, 6) is 0.444. The lowest BCUT2D eigenvalue weighted by atomic mass is 10.0. The van der Waals surface area contributed by atoms with E-state index in [2.05, 4.69) is 5.10 Å². The van der Waals surface area contributed by atoms with E-state index in [4.69, 9.17) is 5.73 Å². The molecule has 1 heterocycles. The Labute approximate surface area is 100 Å². The van der Waals surface area contributed by atoms with E-state index in [0.29, 0.717) is 5.82 Å². The molecule has 0 unspecified atom stereocenters. The van der Waals surface area contributed by atoms with E-state index in [9.17, 15) is 4.39 Å². The van der Waals surface area contributed by atoms with Crippen LogP contribution in [0.25, 0.3) is 11.3 Å². The Morgan fingerprint density at radius 3 is 2.71 bits per heavy atom. The zero-order chi connectivity index (χ0) is 12.6. The first-order valence-electron chi connectivity index (χ1n) is 5.62. The van der Waals surface area contributed by atoms with Gasteiger partial charge in [0, 0.05) is 18.2 Å². The van der Waals surface area contributed by atoms with Crippen molar-refractivity contribution >= 4 is 5.82 Å². The van der Waals surface area contributed by atoms with E-state index >= 15 is 0 Å². The first-order chi connectivity index (χ1) is 8.04. The molecule has 2 aromatic rings. The maximum atomic E-state index is 13.1. The molecule has 4 heteroatoms. The van der Waals surface area contributed by atoms with Gasteiger partial charge in [0.15, 0.2) is 0 Å². The molecule has 0 radical (unpaired) electrons. The van der Waals surface area contributed by atoms with Crippen LogP contribution >= 0.6 is 0 Å². The number of nitrogens with two attached hydrogens (primary N) is 1. The van der Waals surface area contributed by atoms with Gasteiger partial charge in [-0.3, -0.25) is 4.68 Å². The van der Waals surface area contributed by atoms with Crippen LogP contribution in [-0.4, -0.2) is 9.78 Å². The number of rotatable bonds is 2. The van der Waals surface area contributed by atoms with Gasteiger partial charge in [-0.25, -0.2) is 4.39 Å². The maximum absolute atomic E-state index is 13.1. The topological polar surface area (TPSA) is 43.8 Å². The lowest BCUT2D eigenvalue weighted by molar-refractivity contribution is 0.627.